The number of carbonyl (C=O) groups excluding carboxylic acids is 3. The fourth-order valence-electron chi connectivity index (χ4n) is 5.22. The van der Waals surface area contributed by atoms with Gasteiger partial charge in [0.15, 0.2) is 0 Å². The highest BCUT2D eigenvalue weighted by atomic mass is 35.5. The number of primary amides is 1. The van der Waals surface area contributed by atoms with Gasteiger partial charge in [-0.05, 0) is 67.3 Å². The van der Waals surface area contributed by atoms with Crippen molar-refractivity contribution in [2.24, 2.45) is 11.1 Å². The number of hydrogen-bond acceptors (Lipinski definition) is 6. The van der Waals surface area contributed by atoms with Crippen molar-refractivity contribution in [1.29, 1.82) is 0 Å². The summed E-state index contributed by atoms with van der Waals surface area (Å²) in [6.07, 6.45) is 3.92. The van der Waals surface area contributed by atoms with Gasteiger partial charge in [-0.3, -0.25) is 28.9 Å². The highest BCUT2D eigenvalue weighted by Crippen LogP contribution is 2.51. The van der Waals surface area contributed by atoms with Gasteiger partial charge >= 0.3 is 5.98 Å². The third-order valence-electron chi connectivity index (χ3n) is 7.95. The topological polar surface area (TPSA) is 120 Å². The van der Waals surface area contributed by atoms with E-state index in [1.54, 1.807) is 59.4 Å². The van der Waals surface area contributed by atoms with Crippen molar-refractivity contribution in [2.45, 2.75) is 38.8 Å². The largest absolute Gasteiger partial charge is 0.369 e. The van der Waals surface area contributed by atoms with Gasteiger partial charge in [0, 0.05) is 29.5 Å². The number of benzene rings is 2. The Morgan fingerprint density at radius 3 is 2.37 bits per heavy atom. The van der Waals surface area contributed by atoms with Crippen molar-refractivity contribution in [3.63, 3.8) is 0 Å². The fourth-order valence-corrected chi connectivity index (χ4v) is 5.46. The number of nitrogens with two attached hydrogens (primary N) is 1. The molecule has 1 fully saturated rings. The smallest absolute Gasteiger partial charge is 0.321 e. The maximum atomic E-state index is 17.4. The molecule has 2 aromatic carbocycles. The molecule has 1 aliphatic heterocycles. The zero-order valence-electron chi connectivity index (χ0n) is 23.0. The minimum atomic E-state index is -2.84. The Kier molecular flexibility index (Phi) is 7.32. The summed E-state index contributed by atoms with van der Waals surface area (Å²) in [6, 6.07) is 14.4. The third-order valence-corrected chi connectivity index (χ3v) is 8.42. The molecule has 1 saturated carbocycles. The lowest BCUT2D eigenvalue weighted by Crippen LogP contribution is -2.44. The lowest BCUT2D eigenvalue weighted by molar-refractivity contribution is -0.240. The van der Waals surface area contributed by atoms with E-state index in [2.05, 4.69) is 10.1 Å². The molecule has 4 aromatic rings. The molecule has 1 atom stereocenters. The Bertz CT molecular complexity index is 1750. The molecular weight excluding hydrogens is 596 g/mol. The second-order valence-corrected chi connectivity index (χ2v) is 11.5. The van der Waals surface area contributed by atoms with Gasteiger partial charge in [-0.1, -0.05) is 41.4 Å². The average molecular weight is 622 g/mol. The number of hydrogen-bond donors (Lipinski definition) is 1. The zero-order valence-corrected chi connectivity index (χ0v) is 24.5. The minimum absolute atomic E-state index is 0.0283. The number of alkyl halides is 1. The number of carbonyl (C=O) groups is 3. The molecule has 9 nitrogen and oxygen atoms in total. The predicted octanol–water partition coefficient (Wildman–Crippen LogP) is 5.52. The number of halogens is 3. The molecule has 12 heteroatoms. The second-order valence-electron chi connectivity index (χ2n) is 10.7. The van der Waals surface area contributed by atoms with Crippen molar-refractivity contribution in [1.82, 2.24) is 19.7 Å². The van der Waals surface area contributed by atoms with Crippen molar-refractivity contribution in [3.05, 3.63) is 105 Å². The molecule has 2 aromatic heterocycles. The maximum absolute atomic E-state index is 17.4. The van der Waals surface area contributed by atoms with Gasteiger partial charge in [-0.15, -0.1) is 0 Å². The van der Waals surface area contributed by atoms with Gasteiger partial charge in [0.25, 0.3) is 5.91 Å². The molecule has 43 heavy (non-hydrogen) atoms. The molecule has 6 rings (SSSR count). The van der Waals surface area contributed by atoms with Crippen LogP contribution in [0.25, 0.3) is 11.1 Å². The van der Waals surface area contributed by atoms with E-state index >= 15 is 4.39 Å². The summed E-state index contributed by atoms with van der Waals surface area (Å²) in [5, 5.41) is 5.20. The molecule has 2 amide bonds. The van der Waals surface area contributed by atoms with Crippen LogP contribution in [-0.2, 0) is 28.6 Å². The van der Waals surface area contributed by atoms with Crippen LogP contribution in [0.4, 0.5) is 4.39 Å². The van der Waals surface area contributed by atoms with E-state index in [-0.39, 0.29) is 35.5 Å². The summed E-state index contributed by atoms with van der Waals surface area (Å²) in [5.74, 6) is -4.79. The first-order valence-corrected chi connectivity index (χ1v) is 14.4. The van der Waals surface area contributed by atoms with Crippen LogP contribution in [0.15, 0.2) is 67.0 Å². The Hall–Kier alpha value is -4.12. The maximum Gasteiger partial charge on any atom is 0.321 e. The first-order chi connectivity index (χ1) is 20.6. The average Bonchev–Trinajstić information content (AvgIpc) is 3.60. The Balaban J connectivity index is 1.53. The number of aryl methyl sites for hydroxylation is 1. The van der Waals surface area contributed by atoms with Crippen LogP contribution in [-0.4, -0.2) is 43.9 Å². The van der Waals surface area contributed by atoms with E-state index in [0.717, 1.165) is 4.90 Å². The van der Waals surface area contributed by atoms with Crippen LogP contribution < -0.4 is 5.73 Å². The Morgan fingerprint density at radius 2 is 1.77 bits per heavy atom. The van der Waals surface area contributed by atoms with Gasteiger partial charge < -0.3 is 10.5 Å². The van der Waals surface area contributed by atoms with Gasteiger partial charge in [0.05, 0.1) is 40.4 Å². The van der Waals surface area contributed by atoms with Gasteiger partial charge in [-0.25, -0.2) is 0 Å². The van der Waals surface area contributed by atoms with E-state index in [0.29, 0.717) is 46.3 Å². The molecule has 0 saturated heterocycles. The molecule has 3 heterocycles. The van der Waals surface area contributed by atoms with Crippen LogP contribution >= 0.6 is 23.2 Å². The molecular formula is C31H26Cl2FN5O4. The SMILES string of the molecule is CCn1ccc(C(=O)c2c(-c3ccc(Cl)cc3)ccc3c2C(=O)N(Cc2ccc(Cl)cn2)[C@@]3(F)OCC2(C(N)=O)CC2)n1. The molecule has 0 spiro atoms. The van der Waals surface area contributed by atoms with Crippen molar-refractivity contribution in [3.8, 4) is 11.1 Å². The van der Waals surface area contributed by atoms with Crippen LogP contribution in [0, 0.1) is 5.41 Å². The molecule has 2 N–H and O–H groups in total. The van der Waals surface area contributed by atoms with Crippen molar-refractivity contribution in [2.75, 3.05) is 6.61 Å². The quantitative estimate of drug-likeness (QED) is 0.184. The molecule has 1 aliphatic carbocycles. The highest BCUT2D eigenvalue weighted by molar-refractivity contribution is 6.31. The third kappa shape index (κ3) is 5.09. The first-order valence-electron chi connectivity index (χ1n) is 13.6. The van der Waals surface area contributed by atoms with Crippen LogP contribution in [0.5, 0.6) is 0 Å². The van der Waals surface area contributed by atoms with E-state index in [4.69, 9.17) is 33.7 Å². The van der Waals surface area contributed by atoms with Crippen LogP contribution in [0.2, 0.25) is 10.0 Å². The Labute approximate surface area is 256 Å². The zero-order chi connectivity index (χ0) is 30.5. The van der Waals surface area contributed by atoms with E-state index in [9.17, 15) is 14.4 Å². The number of pyridine rings is 1. The molecule has 2 aliphatic rings. The van der Waals surface area contributed by atoms with Crippen LogP contribution in [0.1, 0.15) is 57.4 Å². The summed E-state index contributed by atoms with van der Waals surface area (Å²) < 4.78 is 24.9. The number of nitrogens with zero attached hydrogens (tertiary/aromatic N) is 4. The highest BCUT2D eigenvalue weighted by Gasteiger charge is 2.57. The number of ketones is 1. The lowest BCUT2D eigenvalue weighted by atomic mass is 9.89. The normalized spacial score (nSPS) is 18.5. The number of rotatable bonds is 10. The monoisotopic (exact) mass is 621 g/mol. The van der Waals surface area contributed by atoms with Gasteiger partial charge in [-0.2, -0.15) is 9.49 Å². The fraction of sp³-hybridized carbons (Fsp3) is 0.258. The number of ether oxygens (including phenoxy) is 1. The molecule has 0 bridgehead atoms. The lowest BCUT2D eigenvalue weighted by Gasteiger charge is -2.32. The summed E-state index contributed by atoms with van der Waals surface area (Å²) >= 11 is 12.1. The number of fused-ring (bicyclic) bond motifs is 1. The first kappa shape index (κ1) is 29.0. The molecule has 0 unspecified atom stereocenters. The van der Waals surface area contributed by atoms with E-state index in [1.807, 2.05) is 6.92 Å². The van der Waals surface area contributed by atoms with Crippen molar-refractivity contribution >= 4 is 40.8 Å². The van der Waals surface area contributed by atoms with Gasteiger partial charge in [0.2, 0.25) is 11.7 Å². The predicted molar refractivity (Wildman–Crippen MR) is 157 cm³/mol. The van der Waals surface area contributed by atoms with E-state index in [1.165, 1.54) is 12.3 Å². The molecule has 0 radical (unpaired) electrons. The second kappa shape index (κ2) is 10.9. The summed E-state index contributed by atoms with van der Waals surface area (Å²) in [6.45, 7) is 1.74. The van der Waals surface area contributed by atoms with Crippen molar-refractivity contribution < 1.29 is 23.5 Å². The van der Waals surface area contributed by atoms with Gasteiger partial charge in [0.1, 0.15) is 5.69 Å². The van der Waals surface area contributed by atoms with E-state index < -0.39 is 29.0 Å². The van der Waals surface area contributed by atoms with Crippen LogP contribution in [0.3, 0.4) is 0 Å². The summed E-state index contributed by atoms with van der Waals surface area (Å²) in [5.41, 5.74) is 5.61. The summed E-state index contributed by atoms with van der Waals surface area (Å²) in [7, 11) is 0. The Morgan fingerprint density at radius 1 is 1.05 bits per heavy atom. The molecule has 220 valence electrons. The standard InChI is InChI=1S/C31H26Cl2FN5O4/c1-2-38-14-11-24(37-38)27(40)25-22(18-3-5-19(32)6-4-18)9-10-23-26(25)28(41)39(16-21-8-7-20(33)15-36-21)31(23,34)43-17-30(12-13-30)29(35)42/h3-11,14-15H,2,12-13,16-17H2,1H3,(H2,35,42)/t31-/m1/s1. The minimum Gasteiger partial charge on any atom is -0.369 e. The number of amides is 2. The summed E-state index contributed by atoms with van der Waals surface area (Å²) in [4.78, 5) is 45.6. The number of aromatic nitrogens is 3.